The molecule has 47 heavy (non-hydrogen) atoms. The maximum Gasteiger partial charge on any atom is 0.0667 e. The number of rotatable bonds is 34. The van der Waals surface area contributed by atoms with Crippen molar-refractivity contribution in [3.05, 3.63) is 0 Å². The molecule has 1 saturated carbocycles. The van der Waals surface area contributed by atoms with Gasteiger partial charge in [-0.25, -0.2) is 0 Å². The van der Waals surface area contributed by atoms with Crippen LogP contribution >= 0.6 is 0 Å². The molecule has 1 aliphatic rings. The lowest BCUT2D eigenvalue weighted by Crippen LogP contribution is -2.51. The Balaban J connectivity index is 2.87. The lowest BCUT2D eigenvalue weighted by molar-refractivity contribution is 0.00513. The van der Waals surface area contributed by atoms with Gasteiger partial charge >= 0.3 is 0 Å². The Kier molecular flexibility index (Phi) is 30.3. The number of hydrogen-bond acceptors (Lipinski definition) is 5. The molecule has 0 spiro atoms. The van der Waals surface area contributed by atoms with E-state index in [9.17, 15) is 15.3 Å². The van der Waals surface area contributed by atoms with Crippen LogP contribution < -0.4 is 0 Å². The first-order valence-electron chi connectivity index (χ1n) is 21.5. The second-order valence-electron chi connectivity index (χ2n) is 15.6. The van der Waals surface area contributed by atoms with Crippen LogP contribution in [0.3, 0.4) is 0 Å². The Labute approximate surface area is 295 Å². The van der Waals surface area contributed by atoms with Crippen molar-refractivity contribution in [2.45, 2.75) is 244 Å². The Hall–Kier alpha value is -0.200. The summed E-state index contributed by atoms with van der Waals surface area (Å²) in [7, 11) is 0. The minimum Gasteiger partial charge on any atom is -0.392 e. The van der Waals surface area contributed by atoms with Gasteiger partial charge < -0.3 is 15.3 Å². The quantitative estimate of drug-likeness (QED) is 0.0597. The van der Waals surface area contributed by atoms with Gasteiger partial charge in [-0.2, -0.15) is 0 Å². The van der Waals surface area contributed by atoms with Crippen LogP contribution in [0.4, 0.5) is 0 Å². The zero-order chi connectivity index (χ0) is 34.4. The van der Waals surface area contributed by atoms with Crippen molar-refractivity contribution >= 4 is 0 Å². The highest BCUT2D eigenvalue weighted by atomic mass is 16.3. The molecule has 0 aromatic carbocycles. The first-order chi connectivity index (χ1) is 22.9. The van der Waals surface area contributed by atoms with Crippen molar-refractivity contribution in [3.8, 4) is 0 Å². The van der Waals surface area contributed by atoms with Crippen LogP contribution in [0.25, 0.3) is 0 Å². The van der Waals surface area contributed by atoms with Gasteiger partial charge in [-0.3, -0.25) is 9.80 Å². The van der Waals surface area contributed by atoms with Crippen molar-refractivity contribution in [3.63, 3.8) is 0 Å². The number of nitrogens with zero attached hydrogens (tertiary/aromatic N) is 2. The SMILES string of the molecule is CCCCCCCCCN(CC(O)CCCCCCC)C1CCCC(N(CC(O)CCCCCCC)CC(O)CCCCCCC)C1. The normalized spacial score (nSPS) is 19.1. The molecule has 5 heteroatoms. The molecule has 0 aliphatic heterocycles. The number of aliphatic hydroxyl groups excluding tert-OH is 3. The van der Waals surface area contributed by atoms with Crippen molar-refractivity contribution in [1.82, 2.24) is 9.80 Å². The van der Waals surface area contributed by atoms with Gasteiger partial charge in [0.05, 0.1) is 18.3 Å². The summed E-state index contributed by atoms with van der Waals surface area (Å²) in [5.41, 5.74) is 0. The Morgan fingerprint density at radius 3 is 1.15 bits per heavy atom. The van der Waals surface area contributed by atoms with E-state index in [0.29, 0.717) is 25.2 Å². The lowest BCUT2D eigenvalue weighted by atomic mass is 9.87. The topological polar surface area (TPSA) is 67.2 Å². The van der Waals surface area contributed by atoms with Crippen molar-refractivity contribution in [2.24, 2.45) is 0 Å². The Morgan fingerprint density at radius 2 is 0.745 bits per heavy atom. The summed E-state index contributed by atoms with van der Waals surface area (Å²) < 4.78 is 0. The molecule has 0 radical (unpaired) electrons. The second-order valence-corrected chi connectivity index (χ2v) is 15.6. The third-order valence-corrected chi connectivity index (χ3v) is 11.0. The van der Waals surface area contributed by atoms with Crippen LogP contribution in [0.2, 0.25) is 0 Å². The molecular weight excluding hydrogens is 580 g/mol. The molecule has 282 valence electrons. The van der Waals surface area contributed by atoms with E-state index in [1.165, 1.54) is 135 Å². The van der Waals surface area contributed by atoms with Gasteiger partial charge in [-0.15, -0.1) is 0 Å². The number of unbranched alkanes of at least 4 members (excludes halogenated alkanes) is 18. The summed E-state index contributed by atoms with van der Waals surface area (Å²) in [4.78, 5) is 5.16. The minimum atomic E-state index is -0.313. The fourth-order valence-corrected chi connectivity index (χ4v) is 7.91. The molecule has 3 N–H and O–H groups in total. The zero-order valence-electron chi connectivity index (χ0n) is 32.5. The van der Waals surface area contributed by atoms with Crippen LogP contribution in [-0.2, 0) is 0 Å². The maximum atomic E-state index is 11.2. The molecule has 0 aromatic rings. The Morgan fingerprint density at radius 1 is 0.426 bits per heavy atom. The number of aliphatic hydroxyl groups is 3. The molecule has 0 aromatic heterocycles. The van der Waals surface area contributed by atoms with Gasteiger partial charge in [0.25, 0.3) is 0 Å². The fraction of sp³-hybridized carbons (Fsp3) is 1.00. The van der Waals surface area contributed by atoms with Gasteiger partial charge in [-0.05, 0) is 51.5 Å². The molecule has 0 heterocycles. The summed E-state index contributed by atoms with van der Waals surface area (Å²) in [6.07, 6.45) is 34.2. The standard InChI is InChI=1S/C42H86N2O3/c1-5-9-13-17-18-22-26-33-43(35-40(45)30-23-19-14-10-6-2)38-28-27-29-39(34-38)44(36-41(46)31-24-20-15-11-7-3)37-42(47)32-25-21-16-12-8-4/h38-42,45-47H,5-37H2,1-4H3. The Bertz CT molecular complexity index is 627. The average Bonchev–Trinajstić information content (AvgIpc) is 3.06. The van der Waals surface area contributed by atoms with Gasteiger partial charge in [0.15, 0.2) is 0 Å². The highest BCUT2D eigenvalue weighted by molar-refractivity contribution is 4.88. The predicted molar refractivity (Wildman–Crippen MR) is 205 cm³/mol. The van der Waals surface area contributed by atoms with Crippen molar-refractivity contribution < 1.29 is 15.3 Å². The van der Waals surface area contributed by atoms with E-state index in [1.54, 1.807) is 0 Å². The van der Waals surface area contributed by atoms with Crippen LogP contribution in [0.1, 0.15) is 214 Å². The third-order valence-electron chi connectivity index (χ3n) is 11.0. The molecule has 1 aliphatic carbocycles. The highest BCUT2D eigenvalue weighted by Gasteiger charge is 2.32. The summed E-state index contributed by atoms with van der Waals surface area (Å²) in [5, 5.41) is 33.5. The van der Waals surface area contributed by atoms with Gasteiger partial charge in [-0.1, -0.05) is 169 Å². The van der Waals surface area contributed by atoms with Gasteiger partial charge in [0.1, 0.15) is 0 Å². The van der Waals surface area contributed by atoms with Crippen LogP contribution in [0.15, 0.2) is 0 Å². The molecule has 1 fully saturated rings. The summed E-state index contributed by atoms with van der Waals surface area (Å²) in [5.74, 6) is 0. The largest absolute Gasteiger partial charge is 0.392 e. The fourth-order valence-electron chi connectivity index (χ4n) is 7.91. The number of hydrogen-bond donors (Lipinski definition) is 3. The lowest BCUT2D eigenvalue weighted by Gasteiger charge is -2.43. The van der Waals surface area contributed by atoms with Crippen LogP contribution in [-0.4, -0.2) is 81.7 Å². The summed E-state index contributed by atoms with van der Waals surface area (Å²) in [6, 6.07) is 0.893. The maximum absolute atomic E-state index is 11.2. The monoisotopic (exact) mass is 667 g/mol. The first kappa shape index (κ1) is 44.8. The van der Waals surface area contributed by atoms with E-state index in [1.807, 2.05) is 0 Å². The summed E-state index contributed by atoms with van der Waals surface area (Å²) >= 11 is 0. The minimum absolute atomic E-state index is 0.235. The second kappa shape index (κ2) is 31.8. The molecule has 0 saturated heterocycles. The van der Waals surface area contributed by atoms with Crippen LogP contribution in [0, 0.1) is 0 Å². The van der Waals surface area contributed by atoms with Gasteiger partial charge in [0, 0.05) is 31.7 Å². The zero-order valence-corrected chi connectivity index (χ0v) is 32.5. The molecule has 5 nitrogen and oxygen atoms in total. The van der Waals surface area contributed by atoms with Crippen LogP contribution in [0.5, 0.6) is 0 Å². The molecule has 0 amide bonds. The van der Waals surface area contributed by atoms with Crippen molar-refractivity contribution in [1.29, 1.82) is 0 Å². The first-order valence-corrected chi connectivity index (χ1v) is 21.5. The molecular formula is C42H86N2O3. The van der Waals surface area contributed by atoms with Crippen molar-refractivity contribution in [2.75, 3.05) is 26.2 Å². The third kappa shape index (κ3) is 24.6. The van der Waals surface area contributed by atoms with Gasteiger partial charge in [0.2, 0.25) is 0 Å². The summed E-state index contributed by atoms with van der Waals surface area (Å²) in [6.45, 7) is 12.3. The van der Waals surface area contributed by atoms with E-state index in [0.717, 1.165) is 64.5 Å². The van der Waals surface area contributed by atoms with E-state index in [2.05, 4.69) is 37.5 Å². The molecule has 5 unspecified atom stereocenters. The average molecular weight is 667 g/mol. The van der Waals surface area contributed by atoms with E-state index in [4.69, 9.17) is 0 Å². The van der Waals surface area contributed by atoms with E-state index < -0.39 is 0 Å². The highest BCUT2D eigenvalue weighted by Crippen LogP contribution is 2.29. The smallest absolute Gasteiger partial charge is 0.0667 e. The molecule has 0 bridgehead atoms. The molecule has 5 atom stereocenters. The molecule has 1 rings (SSSR count). The predicted octanol–water partition coefficient (Wildman–Crippen LogP) is 10.8. The van der Waals surface area contributed by atoms with E-state index in [-0.39, 0.29) is 18.3 Å². The van der Waals surface area contributed by atoms with E-state index >= 15 is 0 Å².